The van der Waals surface area contributed by atoms with Crippen LogP contribution < -0.4 is 5.73 Å². The molecule has 1 heterocycles. The minimum Gasteiger partial charge on any atom is -0.478 e. The largest absolute Gasteiger partial charge is 0.478 e. The summed E-state index contributed by atoms with van der Waals surface area (Å²) in [4.78, 5) is 10.4. The smallest absolute Gasteiger partial charge is 0.332 e. The van der Waals surface area contributed by atoms with Crippen molar-refractivity contribution in [3.63, 3.8) is 0 Å². The number of carbonyl (C=O) groups is 1. The van der Waals surface area contributed by atoms with Gasteiger partial charge in [0.05, 0.1) is 24.1 Å². The van der Waals surface area contributed by atoms with Gasteiger partial charge in [0.25, 0.3) is 0 Å². The van der Waals surface area contributed by atoms with Crippen molar-refractivity contribution < 1.29 is 14.3 Å². The molecule has 4 heteroatoms. The van der Waals surface area contributed by atoms with E-state index in [4.69, 9.17) is 15.3 Å². The summed E-state index contributed by atoms with van der Waals surface area (Å²) in [5, 5.41) is 8.54. The molecule has 0 amide bonds. The summed E-state index contributed by atoms with van der Waals surface area (Å²) in [6.07, 6.45) is 2.84. The molecular formula is C8H9NO3. The van der Waals surface area contributed by atoms with Crippen LogP contribution in [0.4, 0.5) is 0 Å². The Bertz CT molecular complexity index is 289. The van der Waals surface area contributed by atoms with Crippen LogP contribution in [0.3, 0.4) is 0 Å². The lowest BCUT2D eigenvalue weighted by molar-refractivity contribution is -0.132. The number of hydrogen-bond acceptors (Lipinski definition) is 3. The maximum Gasteiger partial charge on any atom is 0.332 e. The predicted molar refractivity (Wildman–Crippen MR) is 42.4 cm³/mol. The van der Waals surface area contributed by atoms with Crippen molar-refractivity contribution in [2.24, 2.45) is 5.73 Å². The highest BCUT2D eigenvalue weighted by Crippen LogP contribution is 2.17. The molecule has 0 radical (unpaired) electrons. The van der Waals surface area contributed by atoms with Gasteiger partial charge in [-0.2, -0.15) is 0 Å². The molecule has 0 saturated heterocycles. The second kappa shape index (κ2) is 3.23. The van der Waals surface area contributed by atoms with Crippen LogP contribution in [0.5, 0.6) is 0 Å². The van der Waals surface area contributed by atoms with Gasteiger partial charge in [-0.05, 0) is 6.07 Å². The third-order valence-electron chi connectivity index (χ3n) is 1.55. The maximum atomic E-state index is 10.4. The Morgan fingerprint density at radius 1 is 1.75 bits per heavy atom. The zero-order chi connectivity index (χ0) is 9.14. The highest BCUT2D eigenvalue weighted by molar-refractivity contribution is 5.87. The van der Waals surface area contributed by atoms with Gasteiger partial charge in [0.1, 0.15) is 0 Å². The summed E-state index contributed by atoms with van der Waals surface area (Å²) in [5.74, 6) is -1.09. The number of rotatable bonds is 3. The summed E-state index contributed by atoms with van der Waals surface area (Å²) in [5.41, 5.74) is 6.11. The predicted octanol–water partition coefficient (Wildman–Crippen LogP) is 0.920. The van der Waals surface area contributed by atoms with Crippen LogP contribution in [0.25, 0.3) is 0 Å². The fraction of sp³-hybridized carbons (Fsp3) is 0.125. The van der Waals surface area contributed by atoms with Crippen molar-refractivity contribution in [3.05, 3.63) is 36.3 Å². The molecule has 0 fully saturated rings. The molecule has 0 bridgehead atoms. The van der Waals surface area contributed by atoms with E-state index in [-0.39, 0.29) is 5.57 Å². The zero-order valence-electron chi connectivity index (χ0n) is 6.36. The SMILES string of the molecule is C=C(C(=O)O)[C@@H](N)c1ccoc1. The molecule has 1 rings (SSSR count). The number of furan rings is 1. The van der Waals surface area contributed by atoms with E-state index in [0.717, 1.165) is 0 Å². The molecule has 64 valence electrons. The minimum atomic E-state index is -1.09. The molecule has 0 spiro atoms. The van der Waals surface area contributed by atoms with E-state index in [1.165, 1.54) is 12.5 Å². The van der Waals surface area contributed by atoms with Gasteiger partial charge in [0.15, 0.2) is 0 Å². The molecule has 1 aromatic rings. The second-order valence-corrected chi connectivity index (χ2v) is 2.36. The molecule has 0 aliphatic rings. The van der Waals surface area contributed by atoms with E-state index in [1.54, 1.807) is 6.07 Å². The Labute approximate surface area is 69.3 Å². The van der Waals surface area contributed by atoms with Crippen molar-refractivity contribution in [2.45, 2.75) is 6.04 Å². The summed E-state index contributed by atoms with van der Waals surface area (Å²) >= 11 is 0. The third-order valence-corrected chi connectivity index (χ3v) is 1.55. The van der Waals surface area contributed by atoms with Gasteiger partial charge in [-0.1, -0.05) is 6.58 Å². The fourth-order valence-corrected chi connectivity index (χ4v) is 0.786. The summed E-state index contributed by atoms with van der Waals surface area (Å²) in [7, 11) is 0. The molecule has 0 saturated carbocycles. The van der Waals surface area contributed by atoms with Crippen LogP contribution in [0, 0.1) is 0 Å². The zero-order valence-corrected chi connectivity index (χ0v) is 6.36. The van der Waals surface area contributed by atoms with Gasteiger partial charge in [0.2, 0.25) is 0 Å². The summed E-state index contributed by atoms with van der Waals surface area (Å²) in [6.45, 7) is 3.34. The van der Waals surface area contributed by atoms with Crippen molar-refractivity contribution in [2.75, 3.05) is 0 Å². The van der Waals surface area contributed by atoms with E-state index < -0.39 is 12.0 Å². The number of hydrogen-bond donors (Lipinski definition) is 2. The lowest BCUT2D eigenvalue weighted by atomic mass is 10.0. The molecule has 0 unspecified atom stereocenters. The van der Waals surface area contributed by atoms with E-state index in [2.05, 4.69) is 6.58 Å². The van der Waals surface area contributed by atoms with Crippen LogP contribution in [0.15, 0.2) is 35.2 Å². The minimum absolute atomic E-state index is 0.0450. The van der Waals surface area contributed by atoms with Gasteiger partial charge >= 0.3 is 5.97 Å². The number of nitrogens with two attached hydrogens (primary N) is 1. The average molecular weight is 167 g/mol. The average Bonchev–Trinajstić information content (AvgIpc) is 2.53. The molecular weight excluding hydrogens is 158 g/mol. The first-order chi connectivity index (χ1) is 5.63. The summed E-state index contributed by atoms with van der Waals surface area (Å²) in [6, 6.07) is 0.917. The fourth-order valence-electron chi connectivity index (χ4n) is 0.786. The molecule has 1 atom stereocenters. The van der Waals surface area contributed by atoms with Gasteiger partial charge in [-0.3, -0.25) is 0 Å². The Morgan fingerprint density at radius 3 is 2.83 bits per heavy atom. The van der Waals surface area contributed by atoms with Crippen molar-refractivity contribution in [1.82, 2.24) is 0 Å². The lowest BCUT2D eigenvalue weighted by Gasteiger charge is -2.07. The van der Waals surface area contributed by atoms with Crippen molar-refractivity contribution in [1.29, 1.82) is 0 Å². The van der Waals surface area contributed by atoms with E-state index >= 15 is 0 Å². The molecule has 0 aliphatic heterocycles. The Hall–Kier alpha value is -1.55. The number of aliphatic carboxylic acids is 1. The van der Waals surface area contributed by atoms with Crippen molar-refractivity contribution >= 4 is 5.97 Å². The van der Waals surface area contributed by atoms with Crippen LogP contribution >= 0.6 is 0 Å². The number of carboxylic acid groups (broad SMARTS) is 1. The third kappa shape index (κ3) is 1.54. The monoisotopic (exact) mass is 167 g/mol. The maximum absolute atomic E-state index is 10.4. The molecule has 0 aromatic carbocycles. The highest BCUT2D eigenvalue weighted by Gasteiger charge is 2.16. The number of carboxylic acids is 1. The molecule has 12 heavy (non-hydrogen) atoms. The Kier molecular flexibility index (Phi) is 2.30. The molecule has 0 aliphatic carbocycles. The quantitative estimate of drug-likeness (QED) is 0.656. The molecule has 4 nitrogen and oxygen atoms in total. The Morgan fingerprint density at radius 2 is 2.42 bits per heavy atom. The summed E-state index contributed by atoms with van der Waals surface area (Å²) < 4.78 is 4.75. The van der Waals surface area contributed by atoms with Gasteiger partial charge in [-0.25, -0.2) is 4.79 Å². The van der Waals surface area contributed by atoms with Crippen molar-refractivity contribution in [3.8, 4) is 0 Å². The van der Waals surface area contributed by atoms with Gasteiger partial charge in [0, 0.05) is 5.56 Å². The van der Waals surface area contributed by atoms with Gasteiger partial charge < -0.3 is 15.3 Å². The van der Waals surface area contributed by atoms with E-state index in [1.807, 2.05) is 0 Å². The topological polar surface area (TPSA) is 76.5 Å². The first-order valence-corrected chi connectivity index (χ1v) is 3.32. The van der Waals surface area contributed by atoms with Crippen LogP contribution in [-0.4, -0.2) is 11.1 Å². The van der Waals surface area contributed by atoms with Crippen LogP contribution in [-0.2, 0) is 4.79 Å². The van der Waals surface area contributed by atoms with E-state index in [0.29, 0.717) is 5.56 Å². The van der Waals surface area contributed by atoms with Crippen LogP contribution in [0.1, 0.15) is 11.6 Å². The van der Waals surface area contributed by atoms with E-state index in [9.17, 15) is 4.79 Å². The normalized spacial score (nSPS) is 12.4. The van der Waals surface area contributed by atoms with Crippen LogP contribution in [0.2, 0.25) is 0 Å². The second-order valence-electron chi connectivity index (χ2n) is 2.36. The molecule has 1 aromatic heterocycles. The first-order valence-electron chi connectivity index (χ1n) is 3.32. The highest BCUT2D eigenvalue weighted by atomic mass is 16.4. The standard InChI is InChI=1S/C8H9NO3/c1-5(8(10)11)7(9)6-2-3-12-4-6/h2-4,7H,1,9H2,(H,10,11)/t7-/m1/s1. The molecule has 3 N–H and O–H groups in total. The first kappa shape index (κ1) is 8.55. The van der Waals surface area contributed by atoms with Gasteiger partial charge in [-0.15, -0.1) is 0 Å². The Balaban J connectivity index is 2.79. The lowest BCUT2D eigenvalue weighted by Crippen LogP contribution is -2.17.